The molecule has 0 radical (unpaired) electrons. The second kappa shape index (κ2) is 14.8. The average molecular weight is 591 g/mol. The Morgan fingerprint density at radius 1 is 1.21 bits per heavy atom. The first-order chi connectivity index (χ1) is 20.6. The average Bonchev–Trinajstić information content (AvgIpc) is 3.62. The number of hydrogen-bond acceptors (Lipinski definition) is 6. The summed E-state index contributed by atoms with van der Waals surface area (Å²) >= 11 is 0. The van der Waals surface area contributed by atoms with Crippen molar-refractivity contribution in [1.82, 2.24) is 24.8 Å². The molecule has 1 unspecified atom stereocenters. The normalized spacial score (nSPS) is 15.7. The number of fused-ring (bicyclic) bond motifs is 1. The summed E-state index contributed by atoms with van der Waals surface area (Å²) in [7, 11) is 3.30. The van der Waals surface area contributed by atoms with Gasteiger partial charge in [0.25, 0.3) is 5.56 Å². The Bertz CT molecular complexity index is 1520. The molecule has 11 heteroatoms. The number of H-pyrrole nitrogens is 1. The zero-order chi connectivity index (χ0) is 30.9. The van der Waals surface area contributed by atoms with Crippen LogP contribution in [0, 0.1) is 5.92 Å². The molecule has 11 nitrogen and oxygen atoms in total. The molecule has 0 saturated carbocycles. The first-order valence-corrected chi connectivity index (χ1v) is 14.9. The number of nitrogens with zero attached hydrogens (tertiary/aromatic N) is 3. The van der Waals surface area contributed by atoms with E-state index in [0.717, 1.165) is 30.3 Å². The van der Waals surface area contributed by atoms with Crippen molar-refractivity contribution in [1.29, 1.82) is 0 Å². The smallest absolute Gasteiger partial charge is 0.274 e. The maximum absolute atomic E-state index is 13.4. The number of benzene rings is 1. The number of likely N-dealkylation sites (N-methyl/N-ethyl adjacent to an activating group) is 1. The number of rotatable bonds is 13. The standard InChI is InChI=1S/C32H42N6O5/c1-21(2)18-22-10-7-13-24-30(22)36-27(33-24)20-38-16-8-14-26(32(38)42)35-31(41)25(12-5-6-15-29(40)37(3)4)34-28(39)19-23-11-9-17-43-23/h6-8,10,13-16,21,23,25H,5,9,11-12,17-20H2,1-4H3,(H,33,36)(H,34,39)(H,35,41)/b15-6+/t23?,25-/m0/s1. The lowest BCUT2D eigenvalue weighted by molar-refractivity contribution is -0.128. The molecule has 4 rings (SSSR count). The maximum Gasteiger partial charge on any atom is 0.274 e. The fraction of sp³-hybridized carbons (Fsp3) is 0.469. The van der Waals surface area contributed by atoms with Crippen LogP contribution >= 0.6 is 0 Å². The highest BCUT2D eigenvalue weighted by molar-refractivity contribution is 5.97. The number of para-hydroxylation sites is 1. The largest absolute Gasteiger partial charge is 0.378 e. The molecule has 1 saturated heterocycles. The Morgan fingerprint density at radius 3 is 2.74 bits per heavy atom. The van der Waals surface area contributed by atoms with Gasteiger partial charge >= 0.3 is 0 Å². The van der Waals surface area contributed by atoms with Crippen LogP contribution in [0.1, 0.15) is 57.3 Å². The molecule has 1 fully saturated rings. The van der Waals surface area contributed by atoms with Crippen LogP contribution in [0.3, 0.4) is 0 Å². The van der Waals surface area contributed by atoms with Gasteiger partial charge in [0.1, 0.15) is 17.6 Å². The zero-order valence-electron chi connectivity index (χ0n) is 25.4. The number of carbonyl (C=O) groups excluding carboxylic acids is 3. The molecule has 3 amide bonds. The maximum atomic E-state index is 13.4. The second-order valence-electron chi connectivity index (χ2n) is 11.6. The number of ether oxygens (including phenoxy) is 1. The van der Waals surface area contributed by atoms with E-state index >= 15 is 0 Å². The Hall–Kier alpha value is -4.25. The first kappa shape index (κ1) is 31.7. The molecule has 3 N–H and O–H groups in total. The number of pyridine rings is 1. The van der Waals surface area contributed by atoms with Crippen molar-refractivity contribution in [3.63, 3.8) is 0 Å². The van der Waals surface area contributed by atoms with E-state index in [1.54, 1.807) is 32.4 Å². The van der Waals surface area contributed by atoms with Crippen LogP contribution in [0.25, 0.3) is 11.0 Å². The molecule has 0 aliphatic carbocycles. The van der Waals surface area contributed by atoms with Crippen molar-refractivity contribution in [3.05, 3.63) is 70.4 Å². The third kappa shape index (κ3) is 8.87. The number of anilines is 1. The highest BCUT2D eigenvalue weighted by Gasteiger charge is 2.25. The lowest BCUT2D eigenvalue weighted by Gasteiger charge is -2.19. The topological polar surface area (TPSA) is 138 Å². The van der Waals surface area contributed by atoms with Crippen LogP contribution in [-0.2, 0) is 32.1 Å². The van der Waals surface area contributed by atoms with Crippen molar-refractivity contribution in [3.8, 4) is 0 Å². The molecule has 43 heavy (non-hydrogen) atoms. The van der Waals surface area contributed by atoms with Gasteiger partial charge in [-0.15, -0.1) is 0 Å². The van der Waals surface area contributed by atoms with E-state index in [9.17, 15) is 19.2 Å². The molecule has 1 aliphatic heterocycles. The number of carbonyl (C=O) groups is 3. The third-order valence-corrected chi connectivity index (χ3v) is 7.29. The molecular weight excluding hydrogens is 548 g/mol. The molecule has 1 aliphatic rings. The number of allylic oxidation sites excluding steroid dienone is 1. The van der Waals surface area contributed by atoms with Gasteiger partial charge in [-0.25, -0.2) is 4.98 Å². The van der Waals surface area contributed by atoms with Crippen molar-refractivity contribution >= 4 is 34.4 Å². The SMILES string of the molecule is CC(C)Cc1cccc2nc(Cn3cccc(NC(=O)[C@H](CC/C=C/C(=O)N(C)C)NC(=O)CC4CCCO4)c3=O)[nH]c12. The summed E-state index contributed by atoms with van der Waals surface area (Å²) < 4.78 is 7.04. The summed E-state index contributed by atoms with van der Waals surface area (Å²) in [4.78, 5) is 60.8. The van der Waals surface area contributed by atoms with Gasteiger partial charge in [-0.1, -0.05) is 32.1 Å². The van der Waals surface area contributed by atoms with E-state index in [4.69, 9.17) is 4.74 Å². The van der Waals surface area contributed by atoms with Crippen LogP contribution in [0.15, 0.2) is 53.5 Å². The van der Waals surface area contributed by atoms with Crippen LogP contribution < -0.4 is 16.2 Å². The van der Waals surface area contributed by atoms with Crippen LogP contribution in [0.2, 0.25) is 0 Å². The van der Waals surface area contributed by atoms with Crippen LogP contribution in [-0.4, -0.2) is 70.0 Å². The zero-order valence-corrected chi connectivity index (χ0v) is 25.4. The minimum Gasteiger partial charge on any atom is -0.378 e. The van der Waals surface area contributed by atoms with E-state index in [1.165, 1.54) is 27.2 Å². The molecule has 1 aromatic carbocycles. The summed E-state index contributed by atoms with van der Waals surface area (Å²) in [6.07, 6.45) is 7.98. The summed E-state index contributed by atoms with van der Waals surface area (Å²) in [5.41, 5.74) is 2.69. The molecular formula is C32H42N6O5. The Morgan fingerprint density at radius 2 is 2.02 bits per heavy atom. The van der Waals surface area contributed by atoms with Gasteiger partial charge in [0.05, 0.1) is 30.1 Å². The molecule has 2 aromatic heterocycles. The van der Waals surface area contributed by atoms with Gasteiger partial charge < -0.3 is 29.8 Å². The third-order valence-electron chi connectivity index (χ3n) is 7.29. The number of amides is 3. The predicted molar refractivity (Wildman–Crippen MR) is 166 cm³/mol. The van der Waals surface area contributed by atoms with Gasteiger partial charge in [-0.05, 0) is 67.9 Å². The first-order valence-electron chi connectivity index (χ1n) is 14.9. The van der Waals surface area contributed by atoms with Crippen LogP contribution in [0.4, 0.5) is 5.69 Å². The molecule has 3 aromatic rings. The highest BCUT2D eigenvalue weighted by Crippen LogP contribution is 2.20. The van der Waals surface area contributed by atoms with Crippen molar-refractivity contribution in [2.24, 2.45) is 5.92 Å². The number of imidazole rings is 1. The van der Waals surface area contributed by atoms with Crippen molar-refractivity contribution in [2.75, 3.05) is 26.0 Å². The quantitative estimate of drug-likeness (QED) is 0.261. The fourth-order valence-electron chi connectivity index (χ4n) is 5.09. The lowest BCUT2D eigenvalue weighted by Crippen LogP contribution is -2.45. The second-order valence-corrected chi connectivity index (χ2v) is 11.6. The summed E-state index contributed by atoms with van der Waals surface area (Å²) in [5, 5.41) is 5.51. The van der Waals surface area contributed by atoms with E-state index in [-0.39, 0.29) is 48.6 Å². The number of aromatic amines is 1. The minimum atomic E-state index is -0.907. The van der Waals surface area contributed by atoms with E-state index in [2.05, 4.69) is 40.5 Å². The summed E-state index contributed by atoms with van der Waals surface area (Å²) in [6.45, 7) is 5.15. The summed E-state index contributed by atoms with van der Waals surface area (Å²) in [5.74, 6) is 0.142. The van der Waals surface area contributed by atoms with Crippen molar-refractivity contribution < 1.29 is 19.1 Å². The van der Waals surface area contributed by atoms with E-state index in [1.807, 2.05) is 12.1 Å². The molecule has 2 atom stereocenters. The van der Waals surface area contributed by atoms with Gasteiger partial charge in [-0.2, -0.15) is 0 Å². The monoisotopic (exact) mass is 590 g/mol. The minimum absolute atomic E-state index is 0.0980. The summed E-state index contributed by atoms with van der Waals surface area (Å²) in [6, 6.07) is 8.33. The van der Waals surface area contributed by atoms with Gasteiger partial charge in [0.15, 0.2) is 0 Å². The lowest BCUT2D eigenvalue weighted by atomic mass is 10.0. The van der Waals surface area contributed by atoms with Gasteiger partial charge in [-0.3, -0.25) is 19.2 Å². The van der Waals surface area contributed by atoms with E-state index < -0.39 is 11.9 Å². The Labute approximate surface area is 251 Å². The molecule has 3 heterocycles. The van der Waals surface area contributed by atoms with Gasteiger partial charge in [0, 0.05) is 26.9 Å². The van der Waals surface area contributed by atoms with Crippen molar-refractivity contribution in [2.45, 2.75) is 71.1 Å². The van der Waals surface area contributed by atoms with Crippen LogP contribution in [0.5, 0.6) is 0 Å². The Balaban J connectivity index is 1.47. The molecule has 230 valence electrons. The number of aromatic nitrogens is 3. The predicted octanol–water partition coefficient (Wildman–Crippen LogP) is 3.39. The Kier molecular flexibility index (Phi) is 10.9. The van der Waals surface area contributed by atoms with Gasteiger partial charge in [0.2, 0.25) is 17.7 Å². The number of nitrogens with one attached hydrogen (secondary N) is 3. The number of hydrogen-bond donors (Lipinski definition) is 3. The molecule has 0 bridgehead atoms. The van der Waals surface area contributed by atoms with E-state index in [0.29, 0.717) is 24.8 Å². The highest BCUT2D eigenvalue weighted by atomic mass is 16.5. The fourth-order valence-corrected chi connectivity index (χ4v) is 5.09. The molecule has 0 spiro atoms.